The minimum atomic E-state index is -0.752. The fraction of sp³-hybridized carbons (Fsp3) is 0.346. The van der Waals surface area contributed by atoms with Crippen LogP contribution < -0.4 is 9.47 Å². The van der Waals surface area contributed by atoms with Crippen LogP contribution in [0.3, 0.4) is 0 Å². The maximum Gasteiger partial charge on any atom is 0.320 e. The Hall–Kier alpha value is -2.83. The maximum absolute atomic E-state index is 12.0. The standard InChI is InChI=1S/C26H29NO4S/c1-2-30-24-16-20(11-12-23(24)31-17-19-8-4-3-5-9-19)25(21-13-15-32-18-21)27-14-7-6-10-22(27)26(28)29/h3-5,8-9,11-13,15-16,18,22,25H,2,6-7,10,14,17H2,1H3,(H,28,29). The van der Waals surface area contributed by atoms with Crippen LogP contribution in [0.5, 0.6) is 11.5 Å². The number of piperidine rings is 1. The Balaban J connectivity index is 1.66. The van der Waals surface area contributed by atoms with E-state index in [4.69, 9.17) is 9.47 Å². The molecular formula is C26H29NO4S. The number of thiophene rings is 1. The normalized spacial score (nSPS) is 17.6. The minimum absolute atomic E-state index is 0.134. The summed E-state index contributed by atoms with van der Waals surface area (Å²) in [6.45, 7) is 3.69. The summed E-state index contributed by atoms with van der Waals surface area (Å²) in [7, 11) is 0. The summed E-state index contributed by atoms with van der Waals surface area (Å²) in [4.78, 5) is 14.2. The van der Waals surface area contributed by atoms with E-state index in [0.29, 0.717) is 31.1 Å². The SMILES string of the molecule is CCOc1cc(C(c2ccsc2)N2CCCCC2C(=O)O)ccc1OCc1ccccc1. The van der Waals surface area contributed by atoms with Gasteiger partial charge < -0.3 is 14.6 Å². The van der Waals surface area contributed by atoms with Crippen LogP contribution >= 0.6 is 11.3 Å². The smallest absolute Gasteiger partial charge is 0.320 e. The Morgan fingerprint density at radius 1 is 1.09 bits per heavy atom. The first-order chi connectivity index (χ1) is 15.7. The molecule has 2 atom stereocenters. The van der Waals surface area contributed by atoms with Gasteiger partial charge in [-0.25, -0.2) is 0 Å². The van der Waals surface area contributed by atoms with Gasteiger partial charge in [-0.15, -0.1) is 0 Å². The molecule has 2 heterocycles. The summed E-state index contributed by atoms with van der Waals surface area (Å²) in [6.07, 6.45) is 2.62. The van der Waals surface area contributed by atoms with Crippen LogP contribution in [0.25, 0.3) is 0 Å². The van der Waals surface area contributed by atoms with Crippen molar-refractivity contribution < 1.29 is 19.4 Å². The summed E-state index contributed by atoms with van der Waals surface area (Å²) in [6, 6.07) is 17.5. The lowest BCUT2D eigenvalue weighted by molar-refractivity contribution is -0.145. The molecule has 0 bridgehead atoms. The Kier molecular flexibility index (Phi) is 7.45. The summed E-state index contributed by atoms with van der Waals surface area (Å²) in [5.74, 6) is 0.625. The highest BCUT2D eigenvalue weighted by atomic mass is 32.1. The van der Waals surface area contributed by atoms with Crippen molar-refractivity contribution >= 4 is 17.3 Å². The van der Waals surface area contributed by atoms with Crippen LogP contribution in [-0.2, 0) is 11.4 Å². The summed E-state index contributed by atoms with van der Waals surface area (Å²) >= 11 is 1.63. The molecule has 1 N–H and O–H groups in total. The zero-order chi connectivity index (χ0) is 22.3. The molecule has 1 aromatic heterocycles. The highest BCUT2D eigenvalue weighted by Gasteiger charge is 2.35. The van der Waals surface area contributed by atoms with E-state index in [1.54, 1.807) is 11.3 Å². The molecular weight excluding hydrogens is 422 g/mol. The molecule has 0 amide bonds. The molecule has 2 aromatic carbocycles. The lowest BCUT2D eigenvalue weighted by atomic mass is 9.93. The number of likely N-dealkylation sites (tertiary alicyclic amines) is 1. The second-order valence-electron chi connectivity index (χ2n) is 7.96. The average Bonchev–Trinajstić information content (AvgIpc) is 3.34. The number of nitrogens with zero attached hydrogens (tertiary/aromatic N) is 1. The van der Waals surface area contributed by atoms with Crippen LogP contribution in [0, 0.1) is 0 Å². The van der Waals surface area contributed by atoms with Gasteiger partial charge in [0.25, 0.3) is 0 Å². The minimum Gasteiger partial charge on any atom is -0.490 e. The van der Waals surface area contributed by atoms with E-state index in [2.05, 4.69) is 16.3 Å². The molecule has 6 heteroatoms. The maximum atomic E-state index is 12.0. The third-order valence-electron chi connectivity index (χ3n) is 5.84. The molecule has 0 radical (unpaired) electrons. The van der Waals surface area contributed by atoms with Crippen molar-refractivity contribution in [1.82, 2.24) is 4.90 Å². The summed E-state index contributed by atoms with van der Waals surface area (Å²) < 4.78 is 12.0. The molecule has 1 aliphatic heterocycles. The van der Waals surface area contributed by atoms with Gasteiger partial charge in [-0.3, -0.25) is 9.69 Å². The third kappa shape index (κ3) is 5.14. The molecule has 0 spiro atoms. The van der Waals surface area contributed by atoms with Crippen LogP contribution in [0.4, 0.5) is 0 Å². The van der Waals surface area contributed by atoms with Crippen molar-refractivity contribution in [2.45, 2.75) is 44.9 Å². The average molecular weight is 452 g/mol. The van der Waals surface area contributed by atoms with Gasteiger partial charge in [0.1, 0.15) is 12.6 Å². The van der Waals surface area contributed by atoms with Crippen molar-refractivity contribution in [2.75, 3.05) is 13.2 Å². The highest BCUT2D eigenvalue weighted by molar-refractivity contribution is 7.08. The predicted molar refractivity (Wildman–Crippen MR) is 127 cm³/mol. The van der Waals surface area contributed by atoms with Gasteiger partial charge in [0.2, 0.25) is 0 Å². The molecule has 4 rings (SSSR count). The first-order valence-electron chi connectivity index (χ1n) is 11.1. The molecule has 32 heavy (non-hydrogen) atoms. The topological polar surface area (TPSA) is 59.0 Å². The zero-order valence-electron chi connectivity index (χ0n) is 18.3. The van der Waals surface area contributed by atoms with Gasteiger partial charge in [0.15, 0.2) is 11.5 Å². The highest BCUT2D eigenvalue weighted by Crippen LogP contribution is 2.39. The van der Waals surface area contributed by atoms with E-state index in [1.807, 2.05) is 60.8 Å². The molecule has 1 aliphatic rings. The molecule has 168 valence electrons. The monoisotopic (exact) mass is 451 g/mol. The molecule has 3 aromatic rings. The van der Waals surface area contributed by atoms with E-state index >= 15 is 0 Å². The number of hydrogen-bond donors (Lipinski definition) is 1. The number of carboxylic acids is 1. The Morgan fingerprint density at radius 3 is 2.66 bits per heavy atom. The number of hydrogen-bond acceptors (Lipinski definition) is 5. The van der Waals surface area contributed by atoms with Crippen LogP contribution in [0.2, 0.25) is 0 Å². The number of rotatable bonds is 9. The number of carbonyl (C=O) groups is 1. The van der Waals surface area contributed by atoms with E-state index in [1.165, 1.54) is 0 Å². The first-order valence-corrected chi connectivity index (χ1v) is 12.1. The predicted octanol–water partition coefficient (Wildman–Crippen LogP) is 5.75. The quantitative estimate of drug-likeness (QED) is 0.449. The molecule has 1 saturated heterocycles. The number of carboxylic acid groups (broad SMARTS) is 1. The second-order valence-corrected chi connectivity index (χ2v) is 8.74. The van der Waals surface area contributed by atoms with Crippen molar-refractivity contribution in [1.29, 1.82) is 0 Å². The van der Waals surface area contributed by atoms with Crippen molar-refractivity contribution in [3.8, 4) is 11.5 Å². The molecule has 0 saturated carbocycles. The summed E-state index contributed by atoms with van der Waals surface area (Å²) in [5.41, 5.74) is 3.23. The third-order valence-corrected chi connectivity index (χ3v) is 6.54. The van der Waals surface area contributed by atoms with E-state index in [0.717, 1.165) is 36.1 Å². The number of aliphatic carboxylic acids is 1. The van der Waals surface area contributed by atoms with E-state index in [-0.39, 0.29) is 6.04 Å². The lowest BCUT2D eigenvalue weighted by Gasteiger charge is -2.39. The van der Waals surface area contributed by atoms with E-state index in [9.17, 15) is 9.90 Å². The largest absolute Gasteiger partial charge is 0.490 e. The van der Waals surface area contributed by atoms with E-state index < -0.39 is 12.0 Å². The van der Waals surface area contributed by atoms with Crippen molar-refractivity contribution in [3.05, 3.63) is 82.0 Å². The zero-order valence-corrected chi connectivity index (χ0v) is 19.1. The molecule has 0 aliphatic carbocycles. The number of ether oxygens (including phenoxy) is 2. The lowest BCUT2D eigenvalue weighted by Crippen LogP contribution is -2.46. The molecule has 1 fully saturated rings. The fourth-order valence-electron chi connectivity index (χ4n) is 4.35. The van der Waals surface area contributed by atoms with Crippen molar-refractivity contribution in [3.63, 3.8) is 0 Å². The van der Waals surface area contributed by atoms with Gasteiger partial charge in [0, 0.05) is 0 Å². The second kappa shape index (κ2) is 10.7. The van der Waals surface area contributed by atoms with Crippen LogP contribution in [-0.4, -0.2) is 35.2 Å². The fourth-order valence-corrected chi connectivity index (χ4v) is 5.03. The summed E-state index contributed by atoms with van der Waals surface area (Å²) in [5, 5.41) is 14.0. The Labute approximate surface area is 193 Å². The number of benzene rings is 2. The Bertz CT molecular complexity index is 1010. The van der Waals surface area contributed by atoms with Crippen LogP contribution in [0.1, 0.15) is 48.9 Å². The first kappa shape index (κ1) is 22.4. The Morgan fingerprint density at radius 2 is 1.94 bits per heavy atom. The van der Waals surface area contributed by atoms with Gasteiger partial charge in [-0.2, -0.15) is 11.3 Å². The van der Waals surface area contributed by atoms with Crippen LogP contribution in [0.15, 0.2) is 65.4 Å². The van der Waals surface area contributed by atoms with Gasteiger partial charge >= 0.3 is 5.97 Å². The molecule has 5 nitrogen and oxygen atoms in total. The van der Waals surface area contributed by atoms with Gasteiger partial charge in [-0.05, 0) is 72.0 Å². The van der Waals surface area contributed by atoms with Gasteiger partial charge in [-0.1, -0.05) is 42.8 Å². The van der Waals surface area contributed by atoms with Crippen molar-refractivity contribution in [2.24, 2.45) is 0 Å². The molecule has 2 unspecified atom stereocenters. The van der Waals surface area contributed by atoms with Gasteiger partial charge in [0.05, 0.1) is 12.6 Å².